The molecule has 0 aromatic rings. The van der Waals surface area contributed by atoms with Crippen molar-refractivity contribution < 1.29 is 14.6 Å². The minimum atomic E-state index is -0.823. The van der Waals surface area contributed by atoms with Gasteiger partial charge in [-0.2, -0.15) is 0 Å². The Hall–Kier alpha value is -0.610. The summed E-state index contributed by atoms with van der Waals surface area (Å²) >= 11 is 0. The third-order valence-electron chi connectivity index (χ3n) is 4.27. The molecule has 1 N–H and O–H groups in total. The SMILES string of the molecule is CCC1(C)CC(N(C)C(C)(C)C(=O)O)CCO1. The van der Waals surface area contributed by atoms with Crippen LogP contribution in [-0.4, -0.2) is 46.8 Å². The first-order valence-corrected chi connectivity index (χ1v) is 6.33. The number of carbonyl (C=O) groups is 1. The Labute approximate surface area is 104 Å². The predicted octanol–water partition coefficient (Wildman–Crippen LogP) is 2.13. The van der Waals surface area contributed by atoms with Crippen LogP contribution in [0.1, 0.15) is 47.0 Å². The van der Waals surface area contributed by atoms with Crippen molar-refractivity contribution in [1.82, 2.24) is 4.90 Å². The zero-order valence-electron chi connectivity index (χ0n) is 11.6. The van der Waals surface area contributed by atoms with Crippen LogP contribution in [0.3, 0.4) is 0 Å². The van der Waals surface area contributed by atoms with Crippen LogP contribution in [0.25, 0.3) is 0 Å². The van der Waals surface area contributed by atoms with E-state index in [1.807, 2.05) is 11.9 Å². The van der Waals surface area contributed by atoms with E-state index in [0.29, 0.717) is 0 Å². The van der Waals surface area contributed by atoms with E-state index in [0.717, 1.165) is 25.9 Å². The van der Waals surface area contributed by atoms with E-state index >= 15 is 0 Å². The maximum Gasteiger partial charge on any atom is 0.323 e. The molecule has 0 amide bonds. The second kappa shape index (κ2) is 4.94. The Morgan fingerprint density at radius 3 is 2.65 bits per heavy atom. The molecule has 1 aliphatic heterocycles. The first kappa shape index (κ1) is 14.5. The van der Waals surface area contributed by atoms with Crippen molar-refractivity contribution in [3.8, 4) is 0 Å². The molecule has 4 nitrogen and oxygen atoms in total. The highest BCUT2D eigenvalue weighted by Gasteiger charge is 2.41. The maximum absolute atomic E-state index is 11.3. The fraction of sp³-hybridized carbons (Fsp3) is 0.923. The number of rotatable bonds is 4. The van der Waals surface area contributed by atoms with Crippen LogP contribution in [0.15, 0.2) is 0 Å². The maximum atomic E-state index is 11.3. The fourth-order valence-corrected chi connectivity index (χ4v) is 2.29. The largest absolute Gasteiger partial charge is 0.480 e. The summed E-state index contributed by atoms with van der Waals surface area (Å²) in [5.74, 6) is -0.773. The molecule has 4 heteroatoms. The van der Waals surface area contributed by atoms with E-state index in [1.54, 1.807) is 13.8 Å². The highest BCUT2D eigenvalue weighted by molar-refractivity contribution is 5.77. The van der Waals surface area contributed by atoms with Crippen molar-refractivity contribution in [2.24, 2.45) is 0 Å². The van der Waals surface area contributed by atoms with Crippen molar-refractivity contribution >= 4 is 5.97 Å². The number of hydrogen-bond donors (Lipinski definition) is 1. The van der Waals surface area contributed by atoms with E-state index in [4.69, 9.17) is 4.74 Å². The average Bonchev–Trinajstić information content (AvgIpc) is 2.28. The topological polar surface area (TPSA) is 49.8 Å². The Morgan fingerprint density at radius 2 is 2.18 bits per heavy atom. The Kier molecular flexibility index (Phi) is 4.20. The molecule has 2 unspecified atom stereocenters. The Balaban J connectivity index is 2.76. The number of ether oxygens (including phenoxy) is 1. The molecule has 0 radical (unpaired) electrons. The lowest BCUT2D eigenvalue weighted by atomic mass is 9.87. The van der Waals surface area contributed by atoms with Gasteiger partial charge >= 0.3 is 5.97 Å². The molecule has 1 fully saturated rings. The fourth-order valence-electron chi connectivity index (χ4n) is 2.29. The van der Waals surface area contributed by atoms with Gasteiger partial charge in [-0.15, -0.1) is 0 Å². The molecule has 1 rings (SSSR count). The van der Waals surface area contributed by atoms with Crippen molar-refractivity contribution in [3.63, 3.8) is 0 Å². The lowest BCUT2D eigenvalue weighted by Crippen LogP contribution is -2.56. The van der Waals surface area contributed by atoms with Gasteiger partial charge in [0.15, 0.2) is 0 Å². The first-order valence-electron chi connectivity index (χ1n) is 6.33. The Morgan fingerprint density at radius 1 is 1.59 bits per heavy atom. The number of aliphatic carboxylic acids is 1. The Bertz CT molecular complexity index is 290. The molecule has 0 aromatic carbocycles. The molecule has 0 spiro atoms. The van der Waals surface area contributed by atoms with Crippen LogP contribution >= 0.6 is 0 Å². The summed E-state index contributed by atoms with van der Waals surface area (Å²) in [6, 6.07) is 0.278. The van der Waals surface area contributed by atoms with Crippen LogP contribution in [0.4, 0.5) is 0 Å². The second-order valence-electron chi connectivity index (χ2n) is 5.77. The number of carboxylic acids is 1. The minimum Gasteiger partial charge on any atom is -0.480 e. The quantitative estimate of drug-likeness (QED) is 0.821. The van der Waals surface area contributed by atoms with E-state index in [2.05, 4.69) is 13.8 Å². The molecule has 0 bridgehead atoms. The van der Waals surface area contributed by atoms with Gasteiger partial charge in [0.05, 0.1) is 5.60 Å². The predicted molar refractivity (Wildman–Crippen MR) is 67.1 cm³/mol. The van der Waals surface area contributed by atoms with Crippen molar-refractivity contribution in [3.05, 3.63) is 0 Å². The number of hydrogen-bond acceptors (Lipinski definition) is 3. The molecule has 0 aliphatic carbocycles. The van der Waals surface area contributed by atoms with Gasteiger partial charge in [0.2, 0.25) is 0 Å². The molecule has 1 aliphatic rings. The van der Waals surface area contributed by atoms with Crippen LogP contribution < -0.4 is 0 Å². The highest BCUT2D eigenvalue weighted by Crippen LogP contribution is 2.32. The molecular weight excluding hydrogens is 218 g/mol. The normalized spacial score (nSPS) is 30.6. The summed E-state index contributed by atoms with van der Waals surface area (Å²) in [5, 5.41) is 9.26. The second-order valence-corrected chi connectivity index (χ2v) is 5.77. The molecule has 17 heavy (non-hydrogen) atoms. The van der Waals surface area contributed by atoms with E-state index in [-0.39, 0.29) is 11.6 Å². The van der Waals surface area contributed by atoms with E-state index in [9.17, 15) is 9.90 Å². The van der Waals surface area contributed by atoms with Gasteiger partial charge in [-0.3, -0.25) is 9.69 Å². The van der Waals surface area contributed by atoms with Gasteiger partial charge < -0.3 is 9.84 Å². The molecule has 2 atom stereocenters. The van der Waals surface area contributed by atoms with Gasteiger partial charge in [-0.1, -0.05) is 6.92 Å². The summed E-state index contributed by atoms with van der Waals surface area (Å²) in [6.45, 7) is 8.46. The number of likely N-dealkylation sites (N-methyl/N-ethyl adjacent to an activating group) is 1. The van der Waals surface area contributed by atoms with Gasteiger partial charge in [0, 0.05) is 12.6 Å². The smallest absolute Gasteiger partial charge is 0.323 e. The molecule has 1 heterocycles. The van der Waals surface area contributed by atoms with Gasteiger partial charge in [0.25, 0.3) is 0 Å². The zero-order valence-corrected chi connectivity index (χ0v) is 11.6. The lowest BCUT2D eigenvalue weighted by Gasteiger charge is -2.45. The summed E-state index contributed by atoms with van der Waals surface area (Å²) < 4.78 is 5.79. The minimum absolute atomic E-state index is 0.105. The summed E-state index contributed by atoms with van der Waals surface area (Å²) in [4.78, 5) is 13.2. The molecule has 100 valence electrons. The first-order chi connectivity index (χ1) is 7.73. The van der Waals surface area contributed by atoms with Crippen LogP contribution in [-0.2, 0) is 9.53 Å². The average molecular weight is 243 g/mol. The summed E-state index contributed by atoms with van der Waals surface area (Å²) in [6.07, 6.45) is 2.77. The van der Waals surface area contributed by atoms with Crippen LogP contribution in [0, 0.1) is 0 Å². The van der Waals surface area contributed by atoms with Crippen molar-refractivity contribution in [2.75, 3.05) is 13.7 Å². The van der Waals surface area contributed by atoms with Gasteiger partial charge in [-0.25, -0.2) is 0 Å². The van der Waals surface area contributed by atoms with Gasteiger partial charge in [0.1, 0.15) is 5.54 Å². The van der Waals surface area contributed by atoms with Gasteiger partial charge in [-0.05, 0) is 47.1 Å². The van der Waals surface area contributed by atoms with Crippen molar-refractivity contribution in [2.45, 2.75) is 64.1 Å². The van der Waals surface area contributed by atoms with Crippen molar-refractivity contribution in [1.29, 1.82) is 0 Å². The monoisotopic (exact) mass is 243 g/mol. The van der Waals surface area contributed by atoms with E-state index < -0.39 is 11.5 Å². The van der Waals surface area contributed by atoms with E-state index in [1.165, 1.54) is 0 Å². The van der Waals surface area contributed by atoms with Crippen LogP contribution in [0.2, 0.25) is 0 Å². The summed E-state index contributed by atoms with van der Waals surface area (Å²) in [7, 11) is 1.90. The summed E-state index contributed by atoms with van der Waals surface area (Å²) in [5.41, 5.74) is -0.928. The molecule has 0 aromatic heterocycles. The lowest BCUT2D eigenvalue weighted by molar-refractivity contribution is -0.155. The third-order valence-corrected chi connectivity index (χ3v) is 4.27. The third kappa shape index (κ3) is 2.99. The highest BCUT2D eigenvalue weighted by atomic mass is 16.5. The van der Waals surface area contributed by atoms with Crippen LogP contribution in [0.5, 0.6) is 0 Å². The number of carboxylic acid groups (broad SMARTS) is 1. The number of nitrogens with zero attached hydrogens (tertiary/aromatic N) is 1. The molecular formula is C13H25NO3. The molecule has 1 saturated heterocycles. The molecule has 0 saturated carbocycles. The standard InChI is InChI=1S/C13H25NO3/c1-6-13(4)9-10(7-8-17-13)14(5)12(2,3)11(15)16/h10H,6-9H2,1-5H3,(H,15,16). The zero-order chi connectivity index (χ0) is 13.3.